The van der Waals surface area contributed by atoms with Gasteiger partial charge in [0.05, 0.1) is 5.69 Å². The van der Waals surface area contributed by atoms with Gasteiger partial charge in [0, 0.05) is 18.8 Å². The van der Waals surface area contributed by atoms with Crippen molar-refractivity contribution >= 4 is 0 Å². The van der Waals surface area contributed by atoms with Crippen LogP contribution < -0.4 is 5.73 Å². The maximum atomic E-state index is 6.39. The van der Waals surface area contributed by atoms with Crippen LogP contribution in [0.3, 0.4) is 0 Å². The zero-order valence-electron chi connectivity index (χ0n) is 13.2. The highest BCUT2D eigenvalue weighted by Crippen LogP contribution is 2.24. The van der Waals surface area contributed by atoms with Crippen LogP contribution in [-0.4, -0.2) is 9.78 Å². The van der Waals surface area contributed by atoms with E-state index in [1.165, 1.54) is 27.9 Å². The zero-order chi connectivity index (χ0) is 14.9. The van der Waals surface area contributed by atoms with Gasteiger partial charge >= 0.3 is 0 Å². The molecule has 0 saturated heterocycles. The van der Waals surface area contributed by atoms with Crippen molar-refractivity contribution in [1.82, 2.24) is 9.78 Å². The van der Waals surface area contributed by atoms with Crippen LogP contribution in [0.25, 0.3) is 0 Å². The monoisotopic (exact) mass is 271 g/mol. The van der Waals surface area contributed by atoms with E-state index >= 15 is 0 Å². The van der Waals surface area contributed by atoms with Crippen LogP contribution in [0.2, 0.25) is 0 Å². The third-order valence-corrected chi connectivity index (χ3v) is 4.41. The standard InChI is InChI=1S/C17H25N3/c1-11-7-6-8-15(12(11)2)17(18)10-9-16-13(3)19-20(5)14(16)4/h6-8,17H,9-10,18H2,1-5H3. The summed E-state index contributed by atoms with van der Waals surface area (Å²) in [6.07, 6.45) is 1.94. The number of hydrogen-bond acceptors (Lipinski definition) is 2. The van der Waals surface area contributed by atoms with Gasteiger partial charge in [0.1, 0.15) is 0 Å². The lowest BCUT2D eigenvalue weighted by atomic mass is 9.93. The summed E-state index contributed by atoms with van der Waals surface area (Å²) in [4.78, 5) is 0. The second kappa shape index (κ2) is 5.80. The molecule has 0 fully saturated rings. The van der Waals surface area contributed by atoms with Gasteiger partial charge in [-0.15, -0.1) is 0 Å². The van der Waals surface area contributed by atoms with Gasteiger partial charge in [0.15, 0.2) is 0 Å². The summed E-state index contributed by atoms with van der Waals surface area (Å²) in [5.41, 5.74) is 14.0. The van der Waals surface area contributed by atoms with Crippen LogP contribution in [0.1, 0.15) is 46.1 Å². The molecule has 1 heterocycles. The molecule has 20 heavy (non-hydrogen) atoms. The van der Waals surface area contributed by atoms with E-state index in [1.54, 1.807) is 0 Å². The highest BCUT2D eigenvalue weighted by atomic mass is 15.3. The predicted molar refractivity (Wildman–Crippen MR) is 83.8 cm³/mol. The number of aryl methyl sites for hydroxylation is 3. The van der Waals surface area contributed by atoms with Gasteiger partial charge in [0.25, 0.3) is 0 Å². The average molecular weight is 271 g/mol. The smallest absolute Gasteiger partial charge is 0.0628 e. The number of nitrogens with zero attached hydrogens (tertiary/aromatic N) is 2. The van der Waals surface area contributed by atoms with Gasteiger partial charge in [-0.1, -0.05) is 18.2 Å². The first kappa shape index (κ1) is 14.8. The van der Waals surface area contributed by atoms with E-state index in [-0.39, 0.29) is 6.04 Å². The van der Waals surface area contributed by atoms with Crippen LogP contribution >= 0.6 is 0 Å². The van der Waals surface area contributed by atoms with Crippen LogP contribution in [0.5, 0.6) is 0 Å². The molecule has 0 amide bonds. The molecule has 0 aliphatic rings. The molecule has 3 nitrogen and oxygen atoms in total. The first-order chi connectivity index (χ1) is 9.41. The SMILES string of the molecule is Cc1cccc(C(N)CCc2c(C)nn(C)c2C)c1C. The molecule has 0 aliphatic carbocycles. The third-order valence-electron chi connectivity index (χ3n) is 4.41. The van der Waals surface area contributed by atoms with Gasteiger partial charge in [-0.25, -0.2) is 0 Å². The molecular weight excluding hydrogens is 246 g/mol. The topological polar surface area (TPSA) is 43.8 Å². The van der Waals surface area contributed by atoms with Crippen molar-refractivity contribution in [2.24, 2.45) is 12.8 Å². The van der Waals surface area contributed by atoms with E-state index < -0.39 is 0 Å². The Kier molecular flexibility index (Phi) is 4.29. The lowest BCUT2D eigenvalue weighted by molar-refractivity contribution is 0.643. The van der Waals surface area contributed by atoms with Crippen molar-refractivity contribution in [2.45, 2.75) is 46.6 Å². The van der Waals surface area contributed by atoms with E-state index in [0.717, 1.165) is 18.5 Å². The fourth-order valence-electron chi connectivity index (χ4n) is 2.81. The fraction of sp³-hybridized carbons (Fsp3) is 0.471. The summed E-state index contributed by atoms with van der Waals surface area (Å²) in [6.45, 7) is 8.50. The van der Waals surface area contributed by atoms with Crippen molar-refractivity contribution in [2.75, 3.05) is 0 Å². The van der Waals surface area contributed by atoms with Gasteiger partial charge in [-0.2, -0.15) is 5.10 Å². The molecular formula is C17H25N3. The lowest BCUT2D eigenvalue weighted by Crippen LogP contribution is -2.13. The van der Waals surface area contributed by atoms with Crippen molar-refractivity contribution in [3.8, 4) is 0 Å². The zero-order valence-corrected chi connectivity index (χ0v) is 13.2. The molecule has 1 unspecified atom stereocenters. The Morgan fingerprint density at radius 1 is 1.20 bits per heavy atom. The molecule has 2 N–H and O–H groups in total. The number of rotatable bonds is 4. The number of aromatic nitrogens is 2. The first-order valence-corrected chi connectivity index (χ1v) is 7.22. The summed E-state index contributed by atoms with van der Waals surface area (Å²) in [7, 11) is 2.00. The Labute approximate surface area is 121 Å². The minimum absolute atomic E-state index is 0.0916. The number of hydrogen-bond donors (Lipinski definition) is 1. The highest BCUT2D eigenvalue weighted by molar-refractivity contribution is 5.35. The molecule has 1 atom stereocenters. The van der Waals surface area contributed by atoms with E-state index in [2.05, 4.69) is 51.0 Å². The third kappa shape index (κ3) is 2.78. The fourth-order valence-corrected chi connectivity index (χ4v) is 2.81. The Morgan fingerprint density at radius 2 is 1.90 bits per heavy atom. The molecule has 0 bridgehead atoms. The lowest BCUT2D eigenvalue weighted by Gasteiger charge is -2.16. The average Bonchev–Trinajstić information content (AvgIpc) is 2.64. The van der Waals surface area contributed by atoms with Crippen molar-refractivity contribution in [3.63, 3.8) is 0 Å². The van der Waals surface area contributed by atoms with Gasteiger partial charge in [-0.05, 0) is 62.8 Å². The van der Waals surface area contributed by atoms with Crippen molar-refractivity contribution < 1.29 is 0 Å². The highest BCUT2D eigenvalue weighted by Gasteiger charge is 2.14. The van der Waals surface area contributed by atoms with Gasteiger partial charge in [-0.3, -0.25) is 4.68 Å². The number of benzene rings is 1. The maximum absolute atomic E-state index is 6.39. The Hall–Kier alpha value is -1.61. The van der Waals surface area contributed by atoms with E-state index in [0.29, 0.717) is 0 Å². The normalized spacial score (nSPS) is 12.7. The second-order valence-electron chi connectivity index (χ2n) is 5.71. The van der Waals surface area contributed by atoms with Gasteiger partial charge in [0.2, 0.25) is 0 Å². The minimum Gasteiger partial charge on any atom is -0.324 e. The molecule has 3 heteroatoms. The predicted octanol–water partition coefficient (Wildman–Crippen LogP) is 3.29. The molecule has 0 radical (unpaired) electrons. The summed E-state index contributed by atoms with van der Waals surface area (Å²) in [5.74, 6) is 0. The van der Waals surface area contributed by atoms with E-state index in [1.807, 2.05) is 11.7 Å². The Morgan fingerprint density at radius 3 is 2.50 bits per heavy atom. The molecule has 2 aromatic rings. The molecule has 0 aliphatic heterocycles. The number of nitrogens with two attached hydrogens (primary N) is 1. The molecule has 1 aromatic carbocycles. The van der Waals surface area contributed by atoms with Crippen molar-refractivity contribution in [1.29, 1.82) is 0 Å². The Bertz CT molecular complexity index is 611. The van der Waals surface area contributed by atoms with Crippen molar-refractivity contribution in [3.05, 3.63) is 51.8 Å². The molecule has 0 spiro atoms. The summed E-state index contributed by atoms with van der Waals surface area (Å²) in [5, 5.41) is 4.47. The van der Waals surface area contributed by atoms with Gasteiger partial charge < -0.3 is 5.73 Å². The maximum Gasteiger partial charge on any atom is 0.0628 e. The van der Waals surface area contributed by atoms with Crippen LogP contribution in [0.4, 0.5) is 0 Å². The summed E-state index contributed by atoms with van der Waals surface area (Å²) >= 11 is 0. The van der Waals surface area contributed by atoms with Crippen LogP contribution in [0, 0.1) is 27.7 Å². The van der Waals surface area contributed by atoms with E-state index in [9.17, 15) is 0 Å². The molecule has 1 aromatic heterocycles. The quantitative estimate of drug-likeness (QED) is 0.927. The van der Waals surface area contributed by atoms with Crippen LogP contribution in [-0.2, 0) is 13.5 Å². The summed E-state index contributed by atoms with van der Waals surface area (Å²) in [6, 6.07) is 6.48. The van der Waals surface area contributed by atoms with E-state index in [4.69, 9.17) is 5.73 Å². The summed E-state index contributed by atoms with van der Waals surface area (Å²) < 4.78 is 1.95. The second-order valence-corrected chi connectivity index (χ2v) is 5.71. The van der Waals surface area contributed by atoms with Crippen LogP contribution in [0.15, 0.2) is 18.2 Å². The minimum atomic E-state index is 0.0916. The molecule has 2 rings (SSSR count). The molecule has 0 saturated carbocycles. The first-order valence-electron chi connectivity index (χ1n) is 7.22. The molecule has 108 valence electrons. The largest absolute Gasteiger partial charge is 0.324 e. The Balaban J connectivity index is 2.13.